The van der Waals surface area contributed by atoms with Gasteiger partial charge in [0.1, 0.15) is 6.33 Å². The fourth-order valence-electron chi connectivity index (χ4n) is 1.25. The zero-order valence-corrected chi connectivity index (χ0v) is 11.5. The van der Waals surface area contributed by atoms with Gasteiger partial charge in [-0.2, -0.15) is 0 Å². The Balaban J connectivity index is 2.08. The van der Waals surface area contributed by atoms with Gasteiger partial charge in [0.05, 0.1) is 0 Å². The molecule has 0 amide bonds. The Kier molecular flexibility index (Phi) is 3.90. The van der Waals surface area contributed by atoms with E-state index in [0.717, 1.165) is 20.2 Å². The van der Waals surface area contributed by atoms with Crippen molar-refractivity contribution < 1.29 is 0 Å². The Labute approximate surface area is 111 Å². The topological polar surface area (TPSA) is 37.8 Å². The number of hydrogen-bond donors (Lipinski definition) is 1. The van der Waals surface area contributed by atoms with Gasteiger partial charge in [-0.05, 0) is 34.1 Å². The van der Waals surface area contributed by atoms with E-state index < -0.39 is 0 Å². The van der Waals surface area contributed by atoms with E-state index in [0.29, 0.717) is 6.54 Å². The molecule has 0 saturated carbocycles. The Hall–Kier alpha value is -0.940. The Morgan fingerprint density at radius 1 is 1.12 bits per heavy atom. The van der Waals surface area contributed by atoms with Crippen molar-refractivity contribution in [1.82, 2.24) is 9.97 Å². The first-order valence-electron chi connectivity index (χ1n) is 4.68. The minimum Gasteiger partial charge on any atom is -0.380 e. The largest absolute Gasteiger partial charge is 0.380 e. The zero-order chi connectivity index (χ0) is 11.4. The standard InChI is InChI=1S/C11H9Br2N3/c12-9-1-2-10(13)11(3-9)16-6-8-4-14-7-15-5-8/h1-5,7,16H,6H2. The van der Waals surface area contributed by atoms with Crippen LogP contribution in [0.2, 0.25) is 0 Å². The first-order valence-corrected chi connectivity index (χ1v) is 6.27. The number of anilines is 1. The second kappa shape index (κ2) is 5.41. The first-order chi connectivity index (χ1) is 7.75. The predicted molar refractivity (Wildman–Crippen MR) is 71.2 cm³/mol. The van der Waals surface area contributed by atoms with Gasteiger partial charge in [-0.15, -0.1) is 0 Å². The molecule has 0 fully saturated rings. The van der Waals surface area contributed by atoms with E-state index >= 15 is 0 Å². The fraction of sp³-hybridized carbons (Fsp3) is 0.0909. The Morgan fingerprint density at radius 3 is 2.62 bits per heavy atom. The fourth-order valence-corrected chi connectivity index (χ4v) is 2.00. The normalized spacial score (nSPS) is 10.1. The molecule has 1 heterocycles. The molecule has 1 aromatic carbocycles. The Morgan fingerprint density at radius 2 is 1.88 bits per heavy atom. The third-order valence-corrected chi connectivity index (χ3v) is 3.21. The molecule has 0 atom stereocenters. The van der Waals surface area contributed by atoms with E-state index in [4.69, 9.17) is 0 Å². The molecule has 1 aromatic heterocycles. The molecule has 82 valence electrons. The lowest BCUT2D eigenvalue weighted by Gasteiger charge is -2.08. The van der Waals surface area contributed by atoms with Gasteiger partial charge in [0.15, 0.2) is 0 Å². The van der Waals surface area contributed by atoms with E-state index in [1.54, 1.807) is 12.4 Å². The zero-order valence-electron chi connectivity index (χ0n) is 8.32. The van der Waals surface area contributed by atoms with Gasteiger partial charge in [-0.25, -0.2) is 9.97 Å². The van der Waals surface area contributed by atoms with Crippen LogP contribution in [0.15, 0.2) is 45.9 Å². The highest BCUT2D eigenvalue weighted by Crippen LogP contribution is 2.26. The lowest BCUT2D eigenvalue weighted by molar-refractivity contribution is 1.05. The Bertz CT molecular complexity index is 474. The van der Waals surface area contributed by atoms with Crippen molar-refractivity contribution >= 4 is 37.5 Å². The van der Waals surface area contributed by atoms with Crippen molar-refractivity contribution in [3.05, 3.63) is 51.4 Å². The van der Waals surface area contributed by atoms with Gasteiger partial charge in [-0.1, -0.05) is 15.9 Å². The molecule has 0 radical (unpaired) electrons. The lowest BCUT2D eigenvalue weighted by atomic mass is 10.3. The maximum atomic E-state index is 3.96. The summed E-state index contributed by atoms with van der Waals surface area (Å²) in [6, 6.07) is 6.00. The van der Waals surface area contributed by atoms with Gasteiger partial charge in [0.25, 0.3) is 0 Å². The van der Waals surface area contributed by atoms with Gasteiger partial charge in [0, 0.05) is 39.1 Å². The summed E-state index contributed by atoms with van der Waals surface area (Å²) in [6.45, 7) is 0.704. The minimum atomic E-state index is 0.704. The summed E-state index contributed by atoms with van der Waals surface area (Å²) in [4.78, 5) is 7.93. The molecule has 5 heteroatoms. The van der Waals surface area contributed by atoms with Crippen molar-refractivity contribution in [1.29, 1.82) is 0 Å². The second-order valence-corrected chi connectivity index (χ2v) is 4.99. The number of benzene rings is 1. The smallest absolute Gasteiger partial charge is 0.115 e. The van der Waals surface area contributed by atoms with E-state index in [9.17, 15) is 0 Å². The van der Waals surface area contributed by atoms with E-state index in [1.165, 1.54) is 6.33 Å². The van der Waals surface area contributed by atoms with Crippen LogP contribution in [0, 0.1) is 0 Å². The predicted octanol–water partition coefficient (Wildman–Crippen LogP) is 3.61. The summed E-state index contributed by atoms with van der Waals surface area (Å²) >= 11 is 6.93. The highest BCUT2D eigenvalue weighted by molar-refractivity contribution is 9.11. The van der Waals surface area contributed by atoms with E-state index in [-0.39, 0.29) is 0 Å². The highest BCUT2D eigenvalue weighted by atomic mass is 79.9. The summed E-state index contributed by atoms with van der Waals surface area (Å²) in [5.74, 6) is 0. The third-order valence-electron chi connectivity index (χ3n) is 2.03. The summed E-state index contributed by atoms with van der Waals surface area (Å²) < 4.78 is 2.08. The number of hydrogen-bond acceptors (Lipinski definition) is 3. The molecule has 0 saturated heterocycles. The van der Waals surface area contributed by atoms with Crippen LogP contribution in [0.25, 0.3) is 0 Å². The maximum Gasteiger partial charge on any atom is 0.115 e. The van der Waals surface area contributed by atoms with Crippen molar-refractivity contribution in [2.24, 2.45) is 0 Å². The minimum absolute atomic E-state index is 0.704. The van der Waals surface area contributed by atoms with E-state index in [2.05, 4.69) is 47.1 Å². The number of nitrogens with one attached hydrogen (secondary N) is 1. The number of nitrogens with zero attached hydrogens (tertiary/aromatic N) is 2. The SMILES string of the molecule is Brc1ccc(Br)c(NCc2cncnc2)c1. The van der Waals surface area contributed by atoms with Crippen molar-refractivity contribution in [2.75, 3.05) is 5.32 Å². The molecule has 0 aliphatic rings. The van der Waals surface area contributed by atoms with Gasteiger partial charge < -0.3 is 5.32 Å². The van der Waals surface area contributed by atoms with Crippen LogP contribution >= 0.6 is 31.9 Å². The third kappa shape index (κ3) is 3.02. The van der Waals surface area contributed by atoms with E-state index in [1.807, 2.05) is 18.2 Å². The molecular formula is C11H9Br2N3. The number of rotatable bonds is 3. The van der Waals surface area contributed by atoms with Gasteiger partial charge in [-0.3, -0.25) is 0 Å². The molecule has 0 unspecified atom stereocenters. The van der Waals surface area contributed by atoms with Crippen LogP contribution < -0.4 is 5.32 Å². The second-order valence-electron chi connectivity index (χ2n) is 3.22. The summed E-state index contributed by atoms with van der Waals surface area (Å²) in [5, 5.41) is 3.31. The number of aromatic nitrogens is 2. The maximum absolute atomic E-state index is 3.96. The first kappa shape index (κ1) is 11.5. The van der Waals surface area contributed by atoms with Crippen molar-refractivity contribution in [2.45, 2.75) is 6.54 Å². The molecule has 1 N–H and O–H groups in total. The molecule has 0 spiro atoms. The summed E-state index contributed by atoms with van der Waals surface area (Å²) in [6.07, 6.45) is 5.12. The molecule has 0 aliphatic carbocycles. The summed E-state index contributed by atoms with van der Waals surface area (Å²) in [7, 11) is 0. The average molecular weight is 343 g/mol. The molecular weight excluding hydrogens is 334 g/mol. The van der Waals surface area contributed by atoms with Gasteiger partial charge >= 0.3 is 0 Å². The van der Waals surface area contributed by atoms with Crippen LogP contribution in [-0.2, 0) is 6.54 Å². The average Bonchev–Trinajstić information content (AvgIpc) is 2.32. The molecule has 3 nitrogen and oxygen atoms in total. The lowest BCUT2D eigenvalue weighted by Crippen LogP contribution is -2.00. The van der Waals surface area contributed by atoms with Crippen LogP contribution in [0.4, 0.5) is 5.69 Å². The van der Waals surface area contributed by atoms with Crippen molar-refractivity contribution in [3.8, 4) is 0 Å². The van der Waals surface area contributed by atoms with Crippen LogP contribution in [0.1, 0.15) is 5.56 Å². The quantitative estimate of drug-likeness (QED) is 0.925. The van der Waals surface area contributed by atoms with Crippen molar-refractivity contribution in [3.63, 3.8) is 0 Å². The van der Waals surface area contributed by atoms with Crippen LogP contribution in [0.5, 0.6) is 0 Å². The number of halogens is 2. The van der Waals surface area contributed by atoms with Crippen LogP contribution in [0.3, 0.4) is 0 Å². The molecule has 0 bridgehead atoms. The molecule has 0 aliphatic heterocycles. The molecule has 2 rings (SSSR count). The molecule has 16 heavy (non-hydrogen) atoms. The highest BCUT2D eigenvalue weighted by Gasteiger charge is 2.00. The summed E-state index contributed by atoms with van der Waals surface area (Å²) in [5.41, 5.74) is 2.09. The van der Waals surface area contributed by atoms with Crippen LogP contribution in [-0.4, -0.2) is 9.97 Å². The molecule has 2 aromatic rings. The monoisotopic (exact) mass is 341 g/mol. The van der Waals surface area contributed by atoms with Gasteiger partial charge in [0.2, 0.25) is 0 Å².